The number of pyridine rings is 1. The SMILES string of the molecule is CC1(c2cc(-c3ccc(F)cc3)nc3cc(C(=O)N4CCN(C(=O)C5CCOC5)CC4(C)C)oc23)CC1. The fraction of sp³-hybridized carbons (Fsp3) is 0.483. The summed E-state index contributed by atoms with van der Waals surface area (Å²) in [5.41, 5.74) is 3.27. The molecule has 8 heteroatoms. The monoisotopic (exact) mass is 505 g/mol. The Hall–Kier alpha value is -3.26. The topological polar surface area (TPSA) is 75.9 Å². The van der Waals surface area contributed by atoms with Crippen LogP contribution in [0.3, 0.4) is 0 Å². The van der Waals surface area contributed by atoms with Crippen LogP contribution in [0.25, 0.3) is 22.4 Å². The Bertz CT molecular complexity index is 1370. The molecule has 2 aromatic heterocycles. The second-order valence-electron chi connectivity index (χ2n) is 11.5. The van der Waals surface area contributed by atoms with Gasteiger partial charge in [0.2, 0.25) is 5.91 Å². The number of carbonyl (C=O) groups excluding carboxylic acids is 2. The second-order valence-corrected chi connectivity index (χ2v) is 11.5. The Kier molecular flexibility index (Phi) is 5.64. The van der Waals surface area contributed by atoms with Gasteiger partial charge in [-0.1, -0.05) is 6.92 Å². The maximum absolute atomic E-state index is 13.7. The minimum absolute atomic E-state index is 0.0245. The Labute approximate surface area is 215 Å². The smallest absolute Gasteiger partial charge is 0.290 e. The van der Waals surface area contributed by atoms with Crippen molar-refractivity contribution in [3.05, 3.63) is 53.5 Å². The number of fused-ring (bicyclic) bond motifs is 1. The summed E-state index contributed by atoms with van der Waals surface area (Å²) < 4.78 is 25.1. The van der Waals surface area contributed by atoms with Crippen LogP contribution in [-0.2, 0) is 14.9 Å². The Morgan fingerprint density at radius 1 is 1.08 bits per heavy atom. The normalized spacial score (nSPS) is 22.4. The molecule has 1 atom stereocenters. The average molecular weight is 506 g/mol. The molecule has 1 aromatic carbocycles. The molecule has 3 fully saturated rings. The van der Waals surface area contributed by atoms with Crippen molar-refractivity contribution < 1.29 is 23.1 Å². The van der Waals surface area contributed by atoms with Gasteiger partial charge in [0.1, 0.15) is 11.3 Å². The first-order valence-electron chi connectivity index (χ1n) is 13.0. The third kappa shape index (κ3) is 4.31. The Balaban J connectivity index is 1.30. The fourth-order valence-corrected chi connectivity index (χ4v) is 5.64. The largest absolute Gasteiger partial charge is 0.449 e. The van der Waals surface area contributed by atoms with Crippen LogP contribution in [0, 0.1) is 11.7 Å². The molecule has 2 aliphatic heterocycles. The van der Waals surface area contributed by atoms with Crippen LogP contribution in [0.1, 0.15) is 56.2 Å². The number of benzene rings is 1. The number of furan rings is 1. The third-order valence-corrected chi connectivity index (χ3v) is 8.22. The van der Waals surface area contributed by atoms with Crippen molar-refractivity contribution in [2.24, 2.45) is 5.92 Å². The van der Waals surface area contributed by atoms with Crippen LogP contribution in [-0.4, -0.2) is 65.0 Å². The van der Waals surface area contributed by atoms with E-state index in [0.29, 0.717) is 43.9 Å². The van der Waals surface area contributed by atoms with E-state index in [1.807, 2.05) is 24.8 Å². The number of ether oxygens (including phenoxy) is 1. The van der Waals surface area contributed by atoms with E-state index in [1.54, 1.807) is 23.1 Å². The number of rotatable bonds is 4. The molecule has 0 spiro atoms. The van der Waals surface area contributed by atoms with Crippen LogP contribution < -0.4 is 0 Å². The molecular weight excluding hydrogens is 473 g/mol. The Morgan fingerprint density at radius 3 is 2.49 bits per heavy atom. The molecule has 2 amide bonds. The third-order valence-electron chi connectivity index (χ3n) is 8.22. The minimum atomic E-state index is -0.554. The average Bonchev–Trinajstić information content (AvgIpc) is 3.26. The summed E-state index contributed by atoms with van der Waals surface area (Å²) in [6, 6.07) is 10.0. The lowest BCUT2D eigenvalue weighted by atomic mass is 9.96. The molecule has 6 rings (SSSR count). The van der Waals surface area contributed by atoms with E-state index < -0.39 is 5.54 Å². The molecule has 37 heavy (non-hydrogen) atoms. The predicted molar refractivity (Wildman–Crippen MR) is 137 cm³/mol. The van der Waals surface area contributed by atoms with Crippen molar-refractivity contribution in [2.75, 3.05) is 32.8 Å². The summed E-state index contributed by atoms with van der Waals surface area (Å²) in [5.74, 6) is -0.217. The van der Waals surface area contributed by atoms with Gasteiger partial charge in [-0.3, -0.25) is 9.59 Å². The molecule has 194 valence electrons. The number of halogens is 1. The number of amides is 2. The number of aromatic nitrogens is 1. The van der Waals surface area contributed by atoms with Crippen molar-refractivity contribution >= 4 is 22.9 Å². The number of piperazine rings is 1. The summed E-state index contributed by atoms with van der Waals surface area (Å²) in [4.78, 5) is 35.1. The van der Waals surface area contributed by atoms with E-state index in [9.17, 15) is 14.0 Å². The minimum Gasteiger partial charge on any atom is -0.449 e. The van der Waals surface area contributed by atoms with Crippen LogP contribution >= 0.6 is 0 Å². The van der Waals surface area contributed by atoms with Gasteiger partial charge in [0.05, 0.1) is 23.8 Å². The number of carbonyl (C=O) groups is 2. The van der Waals surface area contributed by atoms with Crippen molar-refractivity contribution in [2.45, 2.75) is 51.0 Å². The molecule has 3 aliphatic rings. The summed E-state index contributed by atoms with van der Waals surface area (Å²) >= 11 is 0. The van der Waals surface area contributed by atoms with Gasteiger partial charge in [-0.25, -0.2) is 9.37 Å². The van der Waals surface area contributed by atoms with E-state index in [4.69, 9.17) is 14.1 Å². The van der Waals surface area contributed by atoms with E-state index in [1.165, 1.54) is 12.1 Å². The first kappa shape index (κ1) is 24.1. The maximum atomic E-state index is 13.7. The van der Waals surface area contributed by atoms with Gasteiger partial charge < -0.3 is 19.0 Å². The van der Waals surface area contributed by atoms with Crippen molar-refractivity contribution in [3.8, 4) is 11.3 Å². The molecule has 0 N–H and O–H groups in total. The lowest BCUT2D eigenvalue weighted by Gasteiger charge is -2.47. The van der Waals surface area contributed by atoms with Gasteiger partial charge in [0, 0.05) is 43.4 Å². The van der Waals surface area contributed by atoms with Crippen LogP contribution in [0.4, 0.5) is 4.39 Å². The molecule has 0 radical (unpaired) electrons. The predicted octanol–water partition coefficient (Wildman–Crippen LogP) is 4.78. The van der Waals surface area contributed by atoms with Gasteiger partial charge in [0.15, 0.2) is 11.3 Å². The van der Waals surface area contributed by atoms with Crippen molar-refractivity contribution in [1.29, 1.82) is 0 Å². The molecular formula is C29H32FN3O4. The van der Waals surface area contributed by atoms with Crippen LogP contribution in [0.2, 0.25) is 0 Å². The van der Waals surface area contributed by atoms with E-state index >= 15 is 0 Å². The van der Waals surface area contributed by atoms with Crippen LogP contribution in [0.5, 0.6) is 0 Å². The van der Waals surface area contributed by atoms with Crippen molar-refractivity contribution in [1.82, 2.24) is 14.8 Å². The standard InChI is InChI=1S/C29H32FN3O4/c1-28(2)17-32(26(34)19-8-13-36-16-19)11-12-33(28)27(35)24-15-23-25(37-24)21(29(3)9-10-29)14-22(31-23)18-4-6-20(30)7-5-18/h4-7,14-15,19H,8-13,16-17H2,1-3H3. The molecule has 4 heterocycles. The number of hydrogen-bond acceptors (Lipinski definition) is 5. The van der Waals surface area contributed by atoms with Gasteiger partial charge in [-0.2, -0.15) is 0 Å². The lowest BCUT2D eigenvalue weighted by Crippen LogP contribution is -2.62. The van der Waals surface area contributed by atoms with E-state index in [-0.39, 0.29) is 34.7 Å². The fourth-order valence-electron chi connectivity index (χ4n) is 5.64. The highest BCUT2D eigenvalue weighted by Crippen LogP contribution is 2.50. The van der Waals surface area contributed by atoms with E-state index in [0.717, 1.165) is 36.1 Å². The molecule has 7 nitrogen and oxygen atoms in total. The summed E-state index contributed by atoms with van der Waals surface area (Å²) in [7, 11) is 0. The van der Waals surface area contributed by atoms with Gasteiger partial charge in [0.25, 0.3) is 5.91 Å². The zero-order valence-corrected chi connectivity index (χ0v) is 21.6. The van der Waals surface area contributed by atoms with Crippen LogP contribution in [0.15, 0.2) is 40.8 Å². The first-order chi connectivity index (χ1) is 17.6. The maximum Gasteiger partial charge on any atom is 0.290 e. The molecule has 2 saturated heterocycles. The highest BCUT2D eigenvalue weighted by atomic mass is 19.1. The zero-order chi connectivity index (χ0) is 25.9. The lowest BCUT2D eigenvalue weighted by molar-refractivity contribution is -0.139. The quantitative estimate of drug-likeness (QED) is 0.510. The molecule has 1 unspecified atom stereocenters. The van der Waals surface area contributed by atoms with Gasteiger partial charge >= 0.3 is 0 Å². The van der Waals surface area contributed by atoms with Gasteiger partial charge in [-0.15, -0.1) is 0 Å². The highest BCUT2D eigenvalue weighted by Gasteiger charge is 2.44. The van der Waals surface area contributed by atoms with Gasteiger partial charge in [-0.05, 0) is 68.9 Å². The molecule has 3 aromatic rings. The molecule has 1 saturated carbocycles. The number of hydrogen-bond donors (Lipinski definition) is 0. The highest BCUT2D eigenvalue weighted by molar-refractivity contribution is 5.97. The summed E-state index contributed by atoms with van der Waals surface area (Å²) in [5, 5.41) is 0. The Morgan fingerprint density at radius 2 is 1.84 bits per heavy atom. The molecule has 0 bridgehead atoms. The molecule has 1 aliphatic carbocycles. The summed E-state index contributed by atoms with van der Waals surface area (Å²) in [6.07, 6.45) is 2.83. The second kappa shape index (κ2) is 8.65. The summed E-state index contributed by atoms with van der Waals surface area (Å²) in [6.45, 7) is 8.65. The zero-order valence-electron chi connectivity index (χ0n) is 21.6. The first-order valence-corrected chi connectivity index (χ1v) is 13.0. The van der Waals surface area contributed by atoms with E-state index in [2.05, 4.69) is 6.92 Å². The van der Waals surface area contributed by atoms with Crippen molar-refractivity contribution in [3.63, 3.8) is 0 Å². The number of nitrogens with zero attached hydrogens (tertiary/aromatic N) is 3.